The maximum atomic E-state index is 12.1. The minimum absolute atomic E-state index is 0.0597. The number of aromatic nitrogens is 2. The number of aliphatic hydroxyl groups is 1. The lowest BCUT2D eigenvalue weighted by atomic mass is 10.1. The summed E-state index contributed by atoms with van der Waals surface area (Å²) in [6, 6.07) is 8.00. The Bertz CT molecular complexity index is 665. The molecule has 6 nitrogen and oxygen atoms in total. The molecule has 0 spiro atoms. The molecule has 6 heteroatoms. The predicted molar refractivity (Wildman–Crippen MR) is 87.3 cm³/mol. The second kappa shape index (κ2) is 6.83. The number of hydrogen-bond donors (Lipinski definition) is 2. The Morgan fingerprint density at radius 2 is 2.17 bits per heavy atom. The molecule has 0 aliphatic carbocycles. The molecule has 122 valence electrons. The van der Waals surface area contributed by atoms with E-state index in [1.54, 1.807) is 11.1 Å². The van der Waals surface area contributed by atoms with Gasteiger partial charge in [0, 0.05) is 50.2 Å². The van der Waals surface area contributed by atoms with Crippen molar-refractivity contribution in [2.75, 3.05) is 19.7 Å². The first kappa shape index (κ1) is 15.6. The molecule has 0 saturated carbocycles. The number of rotatable bonds is 4. The van der Waals surface area contributed by atoms with Gasteiger partial charge in [-0.2, -0.15) is 0 Å². The zero-order valence-corrected chi connectivity index (χ0v) is 13.3. The molecular formula is C17H22N4O2. The van der Waals surface area contributed by atoms with E-state index in [2.05, 4.69) is 10.3 Å². The van der Waals surface area contributed by atoms with Crippen molar-refractivity contribution in [3.8, 4) is 5.69 Å². The van der Waals surface area contributed by atoms with Gasteiger partial charge in [0.25, 0.3) is 0 Å². The van der Waals surface area contributed by atoms with E-state index >= 15 is 0 Å². The normalized spacial score (nSPS) is 17.5. The van der Waals surface area contributed by atoms with Gasteiger partial charge in [0.2, 0.25) is 0 Å². The SMILES string of the molecule is Cc1nccn1-c1ccc(CNC(=O)N2CC[C@H](CO)C2)cc1. The summed E-state index contributed by atoms with van der Waals surface area (Å²) >= 11 is 0. The highest BCUT2D eigenvalue weighted by atomic mass is 16.3. The molecule has 1 saturated heterocycles. The lowest BCUT2D eigenvalue weighted by molar-refractivity contribution is 0.198. The van der Waals surface area contributed by atoms with Crippen molar-refractivity contribution in [3.63, 3.8) is 0 Å². The topological polar surface area (TPSA) is 70.4 Å². The fourth-order valence-corrected chi connectivity index (χ4v) is 2.88. The largest absolute Gasteiger partial charge is 0.396 e. The standard InChI is InChI=1S/C17H22N4O2/c1-13-18-7-9-21(13)16-4-2-14(3-5-16)10-19-17(23)20-8-6-15(11-20)12-22/h2-5,7,9,15,22H,6,8,10-12H2,1H3,(H,19,23)/t15-/m0/s1. The molecule has 1 aromatic carbocycles. The third-order valence-electron chi connectivity index (χ3n) is 4.32. The maximum absolute atomic E-state index is 12.1. The van der Waals surface area contributed by atoms with Crippen molar-refractivity contribution in [1.82, 2.24) is 19.8 Å². The number of nitrogens with zero attached hydrogens (tertiary/aromatic N) is 3. The van der Waals surface area contributed by atoms with Gasteiger partial charge in [0.1, 0.15) is 5.82 Å². The number of likely N-dealkylation sites (tertiary alicyclic amines) is 1. The highest BCUT2D eigenvalue weighted by molar-refractivity contribution is 5.74. The zero-order valence-electron chi connectivity index (χ0n) is 13.3. The number of imidazole rings is 1. The number of aryl methyl sites for hydroxylation is 1. The van der Waals surface area contributed by atoms with Crippen molar-refractivity contribution >= 4 is 6.03 Å². The van der Waals surface area contributed by atoms with Crippen molar-refractivity contribution < 1.29 is 9.90 Å². The lowest BCUT2D eigenvalue weighted by Gasteiger charge is -2.17. The monoisotopic (exact) mass is 314 g/mol. The van der Waals surface area contributed by atoms with Crippen LogP contribution in [0.1, 0.15) is 17.8 Å². The van der Waals surface area contributed by atoms with Crippen LogP contribution in [-0.4, -0.2) is 45.3 Å². The Morgan fingerprint density at radius 1 is 1.39 bits per heavy atom. The molecule has 1 fully saturated rings. The summed E-state index contributed by atoms with van der Waals surface area (Å²) < 4.78 is 2.02. The summed E-state index contributed by atoms with van der Waals surface area (Å²) in [7, 11) is 0. The van der Waals surface area contributed by atoms with E-state index in [4.69, 9.17) is 5.11 Å². The Hall–Kier alpha value is -2.34. The molecule has 0 radical (unpaired) electrons. The van der Waals surface area contributed by atoms with Crippen LogP contribution >= 0.6 is 0 Å². The highest BCUT2D eigenvalue weighted by Crippen LogP contribution is 2.15. The molecule has 1 aliphatic heterocycles. The van der Waals surface area contributed by atoms with Crippen LogP contribution in [-0.2, 0) is 6.54 Å². The predicted octanol–water partition coefficient (Wildman–Crippen LogP) is 1.70. The highest BCUT2D eigenvalue weighted by Gasteiger charge is 2.25. The van der Waals surface area contributed by atoms with Crippen LogP contribution < -0.4 is 5.32 Å². The second-order valence-corrected chi connectivity index (χ2v) is 5.95. The molecule has 3 rings (SSSR count). The number of hydrogen-bond acceptors (Lipinski definition) is 3. The number of benzene rings is 1. The Morgan fingerprint density at radius 3 is 2.78 bits per heavy atom. The molecule has 1 aliphatic rings. The number of amides is 2. The minimum atomic E-state index is -0.0597. The van der Waals surface area contributed by atoms with Gasteiger partial charge in [-0.05, 0) is 31.0 Å². The minimum Gasteiger partial charge on any atom is -0.396 e. The van der Waals surface area contributed by atoms with Crippen LogP contribution in [0.25, 0.3) is 5.69 Å². The number of carbonyl (C=O) groups is 1. The number of carbonyl (C=O) groups excluding carboxylic acids is 1. The van der Waals surface area contributed by atoms with Gasteiger partial charge < -0.3 is 19.9 Å². The molecule has 1 aromatic heterocycles. The summed E-state index contributed by atoms with van der Waals surface area (Å²) in [4.78, 5) is 18.1. The number of nitrogens with one attached hydrogen (secondary N) is 1. The zero-order chi connectivity index (χ0) is 16.2. The fraction of sp³-hybridized carbons (Fsp3) is 0.412. The summed E-state index contributed by atoms with van der Waals surface area (Å²) in [5.74, 6) is 1.16. The molecule has 2 N–H and O–H groups in total. The van der Waals surface area contributed by atoms with Gasteiger partial charge in [-0.3, -0.25) is 0 Å². The summed E-state index contributed by atoms with van der Waals surface area (Å²) in [5, 5.41) is 12.1. The smallest absolute Gasteiger partial charge is 0.317 e. The molecule has 0 bridgehead atoms. The van der Waals surface area contributed by atoms with Crippen molar-refractivity contribution in [2.24, 2.45) is 5.92 Å². The van der Waals surface area contributed by atoms with E-state index < -0.39 is 0 Å². The van der Waals surface area contributed by atoms with Crippen LogP contribution in [0.4, 0.5) is 4.79 Å². The van der Waals surface area contributed by atoms with Crippen molar-refractivity contribution in [3.05, 3.63) is 48.0 Å². The number of urea groups is 1. The summed E-state index contributed by atoms with van der Waals surface area (Å²) in [5.41, 5.74) is 2.11. The Labute approximate surface area is 135 Å². The van der Waals surface area contributed by atoms with Gasteiger partial charge in [-0.1, -0.05) is 12.1 Å². The molecule has 23 heavy (non-hydrogen) atoms. The van der Waals surface area contributed by atoms with E-state index in [-0.39, 0.29) is 18.6 Å². The Kier molecular flexibility index (Phi) is 4.62. The van der Waals surface area contributed by atoms with Gasteiger partial charge in [0.05, 0.1) is 0 Å². The molecule has 2 aromatic rings. The van der Waals surface area contributed by atoms with Crippen molar-refractivity contribution in [1.29, 1.82) is 0 Å². The van der Waals surface area contributed by atoms with E-state index in [9.17, 15) is 4.79 Å². The van der Waals surface area contributed by atoms with Gasteiger partial charge in [-0.15, -0.1) is 0 Å². The fourth-order valence-electron chi connectivity index (χ4n) is 2.88. The van der Waals surface area contributed by atoms with E-state index in [1.807, 2.05) is 42.0 Å². The maximum Gasteiger partial charge on any atom is 0.317 e. The first-order valence-electron chi connectivity index (χ1n) is 7.90. The van der Waals surface area contributed by atoms with Gasteiger partial charge in [-0.25, -0.2) is 9.78 Å². The van der Waals surface area contributed by atoms with Gasteiger partial charge >= 0.3 is 6.03 Å². The molecule has 2 amide bonds. The van der Waals surface area contributed by atoms with Crippen LogP contribution in [0.5, 0.6) is 0 Å². The first-order chi connectivity index (χ1) is 11.2. The average Bonchev–Trinajstić information content (AvgIpc) is 3.22. The third-order valence-corrected chi connectivity index (χ3v) is 4.32. The number of aliphatic hydroxyl groups excluding tert-OH is 1. The summed E-state index contributed by atoms with van der Waals surface area (Å²) in [6.45, 7) is 3.97. The van der Waals surface area contributed by atoms with Crippen LogP contribution in [0, 0.1) is 12.8 Å². The first-order valence-corrected chi connectivity index (χ1v) is 7.90. The quantitative estimate of drug-likeness (QED) is 0.902. The lowest BCUT2D eigenvalue weighted by Crippen LogP contribution is -2.38. The average molecular weight is 314 g/mol. The van der Waals surface area contributed by atoms with E-state index in [0.29, 0.717) is 13.1 Å². The third kappa shape index (κ3) is 3.53. The second-order valence-electron chi connectivity index (χ2n) is 5.95. The van der Waals surface area contributed by atoms with Gasteiger partial charge in [0.15, 0.2) is 0 Å². The molecule has 1 atom stereocenters. The summed E-state index contributed by atoms with van der Waals surface area (Å²) in [6.07, 6.45) is 4.58. The Balaban J connectivity index is 1.55. The van der Waals surface area contributed by atoms with Crippen LogP contribution in [0.3, 0.4) is 0 Å². The van der Waals surface area contributed by atoms with E-state index in [1.165, 1.54) is 0 Å². The molecule has 2 heterocycles. The van der Waals surface area contributed by atoms with Crippen LogP contribution in [0.2, 0.25) is 0 Å². The van der Waals surface area contributed by atoms with E-state index in [0.717, 1.165) is 30.0 Å². The van der Waals surface area contributed by atoms with Crippen LogP contribution in [0.15, 0.2) is 36.7 Å². The molecular weight excluding hydrogens is 292 g/mol. The van der Waals surface area contributed by atoms with Crippen molar-refractivity contribution in [2.45, 2.75) is 19.9 Å². The molecule has 0 unspecified atom stereocenters.